The predicted octanol–water partition coefficient (Wildman–Crippen LogP) is 3.00. The fourth-order valence-corrected chi connectivity index (χ4v) is 1.75. The lowest BCUT2D eigenvalue weighted by Crippen LogP contribution is -2.37. The van der Waals surface area contributed by atoms with Crippen LogP contribution in [0.4, 0.5) is 0 Å². The average molecular weight is 251 g/mol. The van der Waals surface area contributed by atoms with Gasteiger partial charge in [0.1, 0.15) is 16.9 Å². The summed E-state index contributed by atoms with van der Waals surface area (Å²) in [7, 11) is 0. The first-order valence-corrected chi connectivity index (χ1v) is 5.83. The van der Waals surface area contributed by atoms with Crippen molar-refractivity contribution in [1.29, 1.82) is 0 Å². The Hall–Kier alpha value is -1.32. The Bertz CT molecular complexity index is 540. The highest BCUT2D eigenvalue weighted by atomic mass is 35.5. The van der Waals surface area contributed by atoms with Crippen LogP contribution in [-0.4, -0.2) is 17.1 Å². The Morgan fingerprint density at radius 1 is 1.35 bits per heavy atom. The minimum absolute atomic E-state index is 0.418. The van der Waals surface area contributed by atoms with Gasteiger partial charge in [0.15, 0.2) is 0 Å². The maximum absolute atomic E-state index is 6.11. The Labute approximate surface area is 106 Å². The number of nitrogens with zero attached hydrogens (tertiary/aromatic N) is 1. The van der Waals surface area contributed by atoms with Crippen molar-refractivity contribution in [1.82, 2.24) is 4.98 Å². The molecule has 0 saturated carbocycles. The average Bonchev–Trinajstić information content (AvgIpc) is 2.33. The molecular weight excluding hydrogens is 236 g/mol. The van der Waals surface area contributed by atoms with E-state index in [4.69, 9.17) is 22.1 Å². The van der Waals surface area contributed by atoms with E-state index in [0.717, 1.165) is 10.9 Å². The van der Waals surface area contributed by atoms with Gasteiger partial charge in [0.25, 0.3) is 0 Å². The van der Waals surface area contributed by atoms with E-state index < -0.39 is 5.60 Å². The van der Waals surface area contributed by atoms with E-state index in [1.807, 2.05) is 38.1 Å². The summed E-state index contributed by atoms with van der Waals surface area (Å²) >= 11 is 6.11. The molecule has 17 heavy (non-hydrogen) atoms. The van der Waals surface area contributed by atoms with Crippen LogP contribution >= 0.6 is 11.6 Å². The first-order valence-electron chi connectivity index (χ1n) is 5.46. The summed E-state index contributed by atoms with van der Waals surface area (Å²) in [5.74, 6) is 0.709. The highest BCUT2D eigenvalue weighted by molar-refractivity contribution is 6.35. The summed E-state index contributed by atoms with van der Waals surface area (Å²) in [6.45, 7) is 4.32. The summed E-state index contributed by atoms with van der Waals surface area (Å²) < 4.78 is 5.87. The fraction of sp³-hybridized carbons (Fsp3) is 0.308. The number of benzene rings is 1. The molecule has 0 atom stereocenters. The normalized spacial score (nSPS) is 11.8. The van der Waals surface area contributed by atoms with Gasteiger partial charge >= 0.3 is 0 Å². The smallest absolute Gasteiger partial charge is 0.146 e. The van der Waals surface area contributed by atoms with Gasteiger partial charge in [-0.2, -0.15) is 0 Å². The van der Waals surface area contributed by atoms with Crippen LogP contribution < -0.4 is 10.5 Å². The van der Waals surface area contributed by atoms with Crippen LogP contribution in [0.25, 0.3) is 10.9 Å². The molecule has 2 rings (SSSR count). The van der Waals surface area contributed by atoms with Crippen LogP contribution in [0.5, 0.6) is 5.75 Å². The van der Waals surface area contributed by atoms with Crippen LogP contribution in [0.1, 0.15) is 13.8 Å². The second-order valence-corrected chi connectivity index (χ2v) is 4.92. The Morgan fingerprint density at radius 3 is 2.82 bits per heavy atom. The summed E-state index contributed by atoms with van der Waals surface area (Å²) in [6, 6.07) is 7.42. The zero-order valence-electron chi connectivity index (χ0n) is 9.90. The molecule has 1 aromatic carbocycles. The number of fused-ring (bicyclic) bond motifs is 1. The van der Waals surface area contributed by atoms with Gasteiger partial charge in [-0.15, -0.1) is 0 Å². The van der Waals surface area contributed by atoms with Gasteiger partial charge in [0, 0.05) is 18.1 Å². The Balaban J connectivity index is 2.52. The van der Waals surface area contributed by atoms with Crippen molar-refractivity contribution in [2.24, 2.45) is 5.73 Å². The molecule has 2 aromatic rings. The molecule has 4 heteroatoms. The van der Waals surface area contributed by atoms with Crippen molar-refractivity contribution in [2.45, 2.75) is 19.4 Å². The number of hydrogen-bond acceptors (Lipinski definition) is 3. The number of nitrogens with two attached hydrogens (primary N) is 1. The quantitative estimate of drug-likeness (QED) is 0.911. The summed E-state index contributed by atoms with van der Waals surface area (Å²) in [6.07, 6.45) is 1.72. The minimum atomic E-state index is -0.418. The number of rotatable bonds is 3. The molecule has 0 bridgehead atoms. The van der Waals surface area contributed by atoms with Crippen molar-refractivity contribution < 1.29 is 4.74 Å². The zero-order chi connectivity index (χ0) is 12.5. The van der Waals surface area contributed by atoms with Crippen molar-refractivity contribution in [3.8, 4) is 5.75 Å². The molecular formula is C13H15ClN2O. The van der Waals surface area contributed by atoms with Gasteiger partial charge < -0.3 is 10.5 Å². The van der Waals surface area contributed by atoms with Gasteiger partial charge in [0.05, 0.1) is 5.02 Å². The molecule has 1 heterocycles. The lowest BCUT2D eigenvalue weighted by atomic mass is 10.1. The predicted molar refractivity (Wildman–Crippen MR) is 70.5 cm³/mol. The van der Waals surface area contributed by atoms with E-state index in [1.54, 1.807) is 6.20 Å². The van der Waals surface area contributed by atoms with E-state index in [1.165, 1.54) is 0 Å². The van der Waals surface area contributed by atoms with Gasteiger partial charge in [-0.1, -0.05) is 11.6 Å². The van der Waals surface area contributed by atoms with Gasteiger partial charge in [-0.25, -0.2) is 0 Å². The molecule has 0 aliphatic rings. The molecule has 0 fully saturated rings. The Morgan fingerprint density at radius 2 is 2.12 bits per heavy atom. The molecule has 0 saturated heterocycles. The molecule has 0 aliphatic heterocycles. The van der Waals surface area contributed by atoms with Gasteiger partial charge in [-0.05, 0) is 38.1 Å². The lowest BCUT2D eigenvalue weighted by Gasteiger charge is -2.25. The number of aromatic nitrogens is 1. The van der Waals surface area contributed by atoms with Crippen LogP contribution in [0.3, 0.4) is 0 Å². The number of halogens is 1. The van der Waals surface area contributed by atoms with E-state index >= 15 is 0 Å². The third kappa shape index (κ3) is 2.51. The maximum Gasteiger partial charge on any atom is 0.146 e. The van der Waals surface area contributed by atoms with Crippen molar-refractivity contribution in [3.63, 3.8) is 0 Å². The summed E-state index contributed by atoms with van der Waals surface area (Å²) in [5.41, 5.74) is 6.00. The molecule has 1 aromatic heterocycles. The molecule has 90 valence electrons. The van der Waals surface area contributed by atoms with Gasteiger partial charge in [0.2, 0.25) is 0 Å². The number of ether oxygens (including phenoxy) is 1. The second kappa shape index (κ2) is 4.51. The highest BCUT2D eigenvalue weighted by Gasteiger charge is 2.19. The highest BCUT2D eigenvalue weighted by Crippen LogP contribution is 2.31. The fourth-order valence-electron chi connectivity index (χ4n) is 1.53. The van der Waals surface area contributed by atoms with Crippen molar-refractivity contribution >= 4 is 22.5 Å². The third-order valence-electron chi connectivity index (χ3n) is 2.56. The topological polar surface area (TPSA) is 48.1 Å². The monoisotopic (exact) mass is 250 g/mol. The molecule has 2 N–H and O–H groups in total. The zero-order valence-corrected chi connectivity index (χ0v) is 10.7. The first kappa shape index (κ1) is 12.1. The summed E-state index contributed by atoms with van der Waals surface area (Å²) in [5, 5.41) is 1.56. The van der Waals surface area contributed by atoms with Gasteiger partial charge in [-0.3, -0.25) is 4.98 Å². The van der Waals surface area contributed by atoms with Crippen molar-refractivity contribution in [2.75, 3.05) is 6.54 Å². The van der Waals surface area contributed by atoms with Crippen LogP contribution in [0, 0.1) is 0 Å². The second-order valence-electron chi connectivity index (χ2n) is 4.51. The van der Waals surface area contributed by atoms with E-state index in [9.17, 15) is 0 Å². The standard InChI is InChI=1S/C13H15ClN2O/c1-13(2,8-15)17-11-6-5-10(14)9-4-3-7-16-12(9)11/h3-7H,8,15H2,1-2H3. The summed E-state index contributed by atoms with van der Waals surface area (Å²) in [4.78, 5) is 4.31. The molecule has 0 aliphatic carbocycles. The van der Waals surface area contributed by atoms with E-state index in [-0.39, 0.29) is 0 Å². The Kier molecular flexibility index (Phi) is 3.22. The first-order chi connectivity index (χ1) is 8.03. The van der Waals surface area contributed by atoms with Crippen molar-refractivity contribution in [3.05, 3.63) is 35.5 Å². The van der Waals surface area contributed by atoms with Crippen LogP contribution in [-0.2, 0) is 0 Å². The van der Waals surface area contributed by atoms with E-state index in [0.29, 0.717) is 17.3 Å². The molecule has 0 unspecified atom stereocenters. The molecule has 3 nitrogen and oxygen atoms in total. The number of pyridine rings is 1. The van der Waals surface area contributed by atoms with Crippen LogP contribution in [0.15, 0.2) is 30.5 Å². The lowest BCUT2D eigenvalue weighted by molar-refractivity contribution is 0.120. The molecule has 0 radical (unpaired) electrons. The maximum atomic E-state index is 6.11. The third-order valence-corrected chi connectivity index (χ3v) is 2.89. The van der Waals surface area contributed by atoms with E-state index in [2.05, 4.69) is 4.98 Å². The molecule has 0 spiro atoms. The molecule has 0 amide bonds. The minimum Gasteiger partial charge on any atom is -0.484 e. The number of hydrogen-bond donors (Lipinski definition) is 1. The van der Waals surface area contributed by atoms with Crippen LogP contribution in [0.2, 0.25) is 5.02 Å². The largest absolute Gasteiger partial charge is 0.484 e. The SMILES string of the molecule is CC(C)(CN)Oc1ccc(Cl)c2cccnc12.